The molecule has 4 heteroatoms. The first-order valence-electron chi connectivity index (χ1n) is 4.56. The lowest BCUT2D eigenvalue weighted by molar-refractivity contribution is 0.0663. The molecule has 0 saturated carbocycles. The van der Waals surface area contributed by atoms with Gasteiger partial charge in [0.15, 0.2) is 5.88 Å². The third kappa shape index (κ3) is 2.52. The molecule has 2 N–H and O–H groups in total. The highest BCUT2D eigenvalue weighted by Crippen LogP contribution is 2.20. The van der Waals surface area contributed by atoms with Crippen molar-refractivity contribution < 1.29 is 14.3 Å². The molecular formula is C10H15NO3. The molecule has 1 heterocycles. The van der Waals surface area contributed by atoms with E-state index < -0.39 is 5.97 Å². The van der Waals surface area contributed by atoms with E-state index in [1.54, 1.807) is 6.07 Å². The van der Waals surface area contributed by atoms with Crippen LogP contribution in [0.25, 0.3) is 0 Å². The molecule has 0 atom stereocenters. The normalized spacial score (nSPS) is 11.4. The fraction of sp³-hybridized carbons (Fsp3) is 0.500. The monoisotopic (exact) mass is 197 g/mol. The van der Waals surface area contributed by atoms with Crippen LogP contribution in [-0.4, -0.2) is 16.6 Å². The molecule has 0 radical (unpaired) electrons. The second-order valence-electron chi connectivity index (χ2n) is 3.83. The van der Waals surface area contributed by atoms with Gasteiger partial charge in [0.1, 0.15) is 0 Å². The van der Waals surface area contributed by atoms with Crippen LogP contribution in [0.4, 0.5) is 5.88 Å². The fourth-order valence-corrected chi connectivity index (χ4v) is 0.942. The smallest absolute Gasteiger partial charge is 0.371 e. The molecule has 0 saturated heterocycles. The summed E-state index contributed by atoms with van der Waals surface area (Å²) in [5.74, 6) is -0.596. The number of aromatic carboxylic acids is 1. The van der Waals surface area contributed by atoms with Gasteiger partial charge in [-0.05, 0) is 26.3 Å². The molecule has 0 aliphatic carbocycles. The number of furan rings is 1. The van der Waals surface area contributed by atoms with Crippen LogP contribution in [0.3, 0.4) is 0 Å². The van der Waals surface area contributed by atoms with Crippen LogP contribution in [-0.2, 0) is 0 Å². The number of hydrogen-bond acceptors (Lipinski definition) is 3. The summed E-state index contributed by atoms with van der Waals surface area (Å²) in [5, 5.41) is 11.7. The van der Waals surface area contributed by atoms with E-state index in [0.29, 0.717) is 5.88 Å². The Bertz CT molecular complexity index is 328. The maximum atomic E-state index is 10.5. The predicted molar refractivity (Wildman–Crippen MR) is 53.7 cm³/mol. The van der Waals surface area contributed by atoms with Crippen molar-refractivity contribution in [2.75, 3.05) is 5.32 Å². The summed E-state index contributed by atoms with van der Waals surface area (Å²) in [5.41, 5.74) is -0.0897. The molecule has 1 aromatic heterocycles. The summed E-state index contributed by atoms with van der Waals surface area (Å²) < 4.78 is 5.07. The summed E-state index contributed by atoms with van der Waals surface area (Å²) in [6.07, 6.45) is 0.927. The van der Waals surface area contributed by atoms with E-state index in [4.69, 9.17) is 9.52 Å². The zero-order chi connectivity index (χ0) is 10.8. The number of carboxylic acid groups (broad SMARTS) is 1. The molecule has 14 heavy (non-hydrogen) atoms. The minimum absolute atomic E-state index is 0.0422. The lowest BCUT2D eigenvalue weighted by atomic mass is 10.0. The highest BCUT2D eigenvalue weighted by Gasteiger charge is 2.17. The number of rotatable bonds is 4. The van der Waals surface area contributed by atoms with E-state index in [1.807, 2.05) is 20.8 Å². The lowest BCUT2D eigenvalue weighted by Gasteiger charge is -2.23. The van der Waals surface area contributed by atoms with Gasteiger partial charge >= 0.3 is 5.97 Å². The van der Waals surface area contributed by atoms with Crippen molar-refractivity contribution in [1.82, 2.24) is 0 Å². The molecule has 0 aromatic carbocycles. The Balaban J connectivity index is 2.73. The van der Waals surface area contributed by atoms with Crippen molar-refractivity contribution in [3.05, 3.63) is 17.9 Å². The Hall–Kier alpha value is -1.45. The highest BCUT2D eigenvalue weighted by molar-refractivity contribution is 5.84. The minimum Gasteiger partial charge on any atom is -0.475 e. The zero-order valence-corrected chi connectivity index (χ0v) is 8.63. The minimum atomic E-state index is -1.05. The summed E-state index contributed by atoms with van der Waals surface area (Å²) in [6.45, 7) is 6.10. The van der Waals surface area contributed by atoms with E-state index in [1.165, 1.54) is 6.07 Å². The topological polar surface area (TPSA) is 62.5 Å². The number of carboxylic acids is 1. The fourth-order valence-electron chi connectivity index (χ4n) is 0.942. The van der Waals surface area contributed by atoms with Crippen LogP contribution in [0, 0.1) is 0 Å². The highest BCUT2D eigenvalue weighted by atomic mass is 16.4. The number of anilines is 1. The molecule has 78 valence electrons. The van der Waals surface area contributed by atoms with Gasteiger partial charge in [-0.3, -0.25) is 0 Å². The van der Waals surface area contributed by atoms with E-state index in [2.05, 4.69) is 5.32 Å². The van der Waals surface area contributed by atoms with Gasteiger partial charge in [0.2, 0.25) is 5.76 Å². The summed E-state index contributed by atoms with van der Waals surface area (Å²) in [7, 11) is 0. The summed E-state index contributed by atoms with van der Waals surface area (Å²) in [6, 6.07) is 3.07. The number of hydrogen-bond donors (Lipinski definition) is 2. The first kappa shape index (κ1) is 10.6. The first-order chi connectivity index (χ1) is 6.44. The molecule has 0 unspecified atom stereocenters. The van der Waals surface area contributed by atoms with E-state index in [-0.39, 0.29) is 11.3 Å². The zero-order valence-electron chi connectivity index (χ0n) is 8.63. The second-order valence-corrected chi connectivity index (χ2v) is 3.83. The quantitative estimate of drug-likeness (QED) is 0.778. The Morgan fingerprint density at radius 3 is 2.64 bits per heavy atom. The summed E-state index contributed by atoms with van der Waals surface area (Å²) in [4.78, 5) is 10.5. The number of nitrogens with one attached hydrogen (secondary N) is 1. The summed E-state index contributed by atoms with van der Waals surface area (Å²) >= 11 is 0. The van der Waals surface area contributed by atoms with Gasteiger partial charge in [0.25, 0.3) is 0 Å². The molecular weight excluding hydrogens is 182 g/mol. The lowest BCUT2D eigenvalue weighted by Crippen LogP contribution is -2.29. The maximum Gasteiger partial charge on any atom is 0.371 e. The first-order valence-corrected chi connectivity index (χ1v) is 4.56. The Morgan fingerprint density at radius 1 is 1.57 bits per heavy atom. The molecule has 1 aromatic rings. The van der Waals surface area contributed by atoms with Crippen molar-refractivity contribution in [2.24, 2.45) is 0 Å². The van der Waals surface area contributed by atoms with Crippen molar-refractivity contribution in [3.63, 3.8) is 0 Å². The third-order valence-corrected chi connectivity index (χ3v) is 2.16. The molecule has 0 amide bonds. The van der Waals surface area contributed by atoms with Crippen LogP contribution in [0.2, 0.25) is 0 Å². The SMILES string of the molecule is CCC(C)(C)Nc1ccc(C(=O)O)o1. The molecule has 4 nitrogen and oxygen atoms in total. The van der Waals surface area contributed by atoms with E-state index in [0.717, 1.165) is 6.42 Å². The van der Waals surface area contributed by atoms with Crippen LogP contribution in [0.5, 0.6) is 0 Å². The Labute approximate surface area is 82.9 Å². The van der Waals surface area contributed by atoms with Gasteiger partial charge in [-0.15, -0.1) is 0 Å². The third-order valence-electron chi connectivity index (χ3n) is 2.16. The molecule has 0 bridgehead atoms. The standard InChI is InChI=1S/C10H15NO3/c1-4-10(2,3)11-8-6-5-7(14-8)9(12)13/h5-6,11H,4H2,1-3H3,(H,12,13). The van der Waals surface area contributed by atoms with Crippen LogP contribution >= 0.6 is 0 Å². The van der Waals surface area contributed by atoms with E-state index in [9.17, 15) is 4.79 Å². The average Bonchev–Trinajstić information content (AvgIpc) is 2.52. The second kappa shape index (κ2) is 3.74. The van der Waals surface area contributed by atoms with Gasteiger partial charge in [0.05, 0.1) is 0 Å². The van der Waals surface area contributed by atoms with Gasteiger partial charge in [-0.25, -0.2) is 4.79 Å². The van der Waals surface area contributed by atoms with Gasteiger partial charge in [-0.2, -0.15) is 0 Å². The van der Waals surface area contributed by atoms with Crippen LogP contribution in [0.1, 0.15) is 37.7 Å². The molecule has 0 spiro atoms. The molecule has 0 aliphatic rings. The molecule has 0 fully saturated rings. The van der Waals surface area contributed by atoms with Crippen molar-refractivity contribution in [3.8, 4) is 0 Å². The largest absolute Gasteiger partial charge is 0.475 e. The Kier molecular flexibility index (Phi) is 2.84. The van der Waals surface area contributed by atoms with Gasteiger partial charge < -0.3 is 14.8 Å². The number of carbonyl (C=O) groups is 1. The molecule has 1 rings (SSSR count). The Morgan fingerprint density at radius 2 is 2.21 bits per heavy atom. The van der Waals surface area contributed by atoms with Crippen LogP contribution in [0.15, 0.2) is 16.5 Å². The van der Waals surface area contributed by atoms with Crippen molar-refractivity contribution in [2.45, 2.75) is 32.7 Å². The van der Waals surface area contributed by atoms with Crippen molar-refractivity contribution >= 4 is 11.9 Å². The maximum absolute atomic E-state index is 10.5. The van der Waals surface area contributed by atoms with Crippen LogP contribution < -0.4 is 5.32 Å². The van der Waals surface area contributed by atoms with Gasteiger partial charge in [0, 0.05) is 11.6 Å². The molecule has 0 aliphatic heterocycles. The average molecular weight is 197 g/mol. The van der Waals surface area contributed by atoms with Gasteiger partial charge in [-0.1, -0.05) is 6.92 Å². The van der Waals surface area contributed by atoms with E-state index >= 15 is 0 Å². The van der Waals surface area contributed by atoms with Crippen molar-refractivity contribution in [1.29, 1.82) is 0 Å². The predicted octanol–water partition coefficient (Wildman–Crippen LogP) is 2.58.